The van der Waals surface area contributed by atoms with Crippen LogP contribution in [0.5, 0.6) is 0 Å². The van der Waals surface area contributed by atoms with Crippen LogP contribution < -0.4 is 5.32 Å². The zero-order valence-corrected chi connectivity index (χ0v) is 13.3. The van der Waals surface area contributed by atoms with Gasteiger partial charge in [0, 0.05) is 17.3 Å². The first kappa shape index (κ1) is 14.1. The SMILES string of the molecule is Cc1nc(-c2cccc(NC3CC(C)(C)CC3C)c2)n[nH]1. The van der Waals surface area contributed by atoms with E-state index in [9.17, 15) is 0 Å². The lowest BCUT2D eigenvalue weighted by atomic mass is 9.91. The van der Waals surface area contributed by atoms with E-state index in [-0.39, 0.29) is 0 Å². The minimum absolute atomic E-state index is 0.440. The average molecular weight is 284 g/mol. The van der Waals surface area contributed by atoms with Gasteiger partial charge in [-0.3, -0.25) is 5.10 Å². The van der Waals surface area contributed by atoms with E-state index in [1.54, 1.807) is 0 Å². The second kappa shape index (κ2) is 5.17. The Kier molecular flexibility index (Phi) is 3.47. The van der Waals surface area contributed by atoms with Crippen molar-refractivity contribution in [2.24, 2.45) is 11.3 Å². The van der Waals surface area contributed by atoms with Gasteiger partial charge in [0.25, 0.3) is 0 Å². The molecule has 0 amide bonds. The smallest absolute Gasteiger partial charge is 0.181 e. The Balaban J connectivity index is 1.78. The summed E-state index contributed by atoms with van der Waals surface area (Å²) in [5, 5.41) is 10.8. The van der Waals surface area contributed by atoms with Crippen molar-refractivity contribution in [2.45, 2.75) is 46.6 Å². The van der Waals surface area contributed by atoms with Crippen LogP contribution in [0.4, 0.5) is 5.69 Å². The second-order valence-electron chi connectivity index (χ2n) is 7.13. The quantitative estimate of drug-likeness (QED) is 0.895. The third-order valence-electron chi connectivity index (χ3n) is 4.40. The van der Waals surface area contributed by atoms with Gasteiger partial charge in [0.15, 0.2) is 5.82 Å². The molecule has 1 aliphatic rings. The van der Waals surface area contributed by atoms with Gasteiger partial charge in [0.1, 0.15) is 5.82 Å². The number of hydrogen-bond acceptors (Lipinski definition) is 3. The van der Waals surface area contributed by atoms with Crippen molar-refractivity contribution in [3.05, 3.63) is 30.1 Å². The molecule has 0 saturated heterocycles. The zero-order chi connectivity index (χ0) is 15.0. The van der Waals surface area contributed by atoms with Crippen LogP contribution >= 0.6 is 0 Å². The Morgan fingerprint density at radius 1 is 1.29 bits per heavy atom. The molecule has 1 saturated carbocycles. The zero-order valence-electron chi connectivity index (χ0n) is 13.3. The molecule has 1 aromatic heterocycles. The largest absolute Gasteiger partial charge is 0.382 e. The summed E-state index contributed by atoms with van der Waals surface area (Å²) in [5.41, 5.74) is 2.65. The molecule has 1 heterocycles. The van der Waals surface area contributed by atoms with Gasteiger partial charge < -0.3 is 5.32 Å². The monoisotopic (exact) mass is 284 g/mol. The summed E-state index contributed by atoms with van der Waals surface area (Å²) in [4.78, 5) is 4.40. The number of nitrogens with one attached hydrogen (secondary N) is 2. The van der Waals surface area contributed by atoms with Crippen LogP contribution in [-0.2, 0) is 0 Å². The Hall–Kier alpha value is -1.84. The maximum Gasteiger partial charge on any atom is 0.181 e. The molecule has 4 nitrogen and oxygen atoms in total. The number of nitrogens with zero attached hydrogens (tertiary/aromatic N) is 2. The first-order valence-electron chi connectivity index (χ1n) is 7.69. The van der Waals surface area contributed by atoms with Crippen molar-refractivity contribution in [3.8, 4) is 11.4 Å². The summed E-state index contributed by atoms with van der Waals surface area (Å²) >= 11 is 0. The van der Waals surface area contributed by atoms with Crippen molar-refractivity contribution in [1.29, 1.82) is 0 Å². The normalized spacial score (nSPS) is 24.2. The topological polar surface area (TPSA) is 53.6 Å². The van der Waals surface area contributed by atoms with Crippen molar-refractivity contribution in [1.82, 2.24) is 15.2 Å². The van der Waals surface area contributed by atoms with E-state index in [1.165, 1.54) is 12.8 Å². The van der Waals surface area contributed by atoms with E-state index in [1.807, 2.05) is 6.92 Å². The molecule has 2 atom stereocenters. The van der Waals surface area contributed by atoms with Crippen LogP contribution in [0.2, 0.25) is 0 Å². The summed E-state index contributed by atoms with van der Waals surface area (Å²) in [6.45, 7) is 8.98. The van der Waals surface area contributed by atoms with Crippen LogP contribution in [0.1, 0.15) is 39.4 Å². The molecule has 21 heavy (non-hydrogen) atoms. The van der Waals surface area contributed by atoms with Crippen molar-refractivity contribution in [2.75, 3.05) is 5.32 Å². The van der Waals surface area contributed by atoms with Gasteiger partial charge in [0.2, 0.25) is 0 Å². The molecule has 2 N–H and O–H groups in total. The number of aromatic nitrogens is 3. The highest BCUT2D eigenvalue weighted by Crippen LogP contribution is 2.42. The van der Waals surface area contributed by atoms with Gasteiger partial charge in [-0.1, -0.05) is 32.9 Å². The Morgan fingerprint density at radius 3 is 2.71 bits per heavy atom. The van der Waals surface area contributed by atoms with Gasteiger partial charge in [-0.15, -0.1) is 0 Å². The fourth-order valence-corrected chi connectivity index (χ4v) is 3.52. The summed E-state index contributed by atoms with van der Waals surface area (Å²) in [7, 11) is 0. The number of H-pyrrole nitrogens is 1. The number of aryl methyl sites for hydroxylation is 1. The highest BCUT2D eigenvalue weighted by Gasteiger charge is 2.36. The molecule has 112 valence electrons. The second-order valence-corrected chi connectivity index (χ2v) is 7.13. The van der Waals surface area contributed by atoms with E-state index in [2.05, 4.69) is 65.5 Å². The van der Waals surface area contributed by atoms with Crippen molar-refractivity contribution < 1.29 is 0 Å². The fourth-order valence-electron chi connectivity index (χ4n) is 3.52. The van der Waals surface area contributed by atoms with Gasteiger partial charge >= 0.3 is 0 Å². The highest BCUT2D eigenvalue weighted by atomic mass is 15.2. The summed E-state index contributed by atoms with van der Waals surface area (Å²) in [6, 6.07) is 8.93. The molecule has 1 aromatic carbocycles. The predicted molar refractivity (Wildman–Crippen MR) is 86.1 cm³/mol. The third-order valence-corrected chi connectivity index (χ3v) is 4.40. The third kappa shape index (κ3) is 3.09. The lowest BCUT2D eigenvalue weighted by Crippen LogP contribution is -2.22. The first-order valence-corrected chi connectivity index (χ1v) is 7.69. The minimum atomic E-state index is 0.440. The molecule has 0 bridgehead atoms. The number of anilines is 1. The minimum Gasteiger partial charge on any atom is -0.382 e. The molecule has 0 spiro atoms. The van der Waals surface area contributed by atoms with Crippen LogP contribution in [0.3, 0.4) is 0 Å². The molecular weight excluding hydrogens is 260 g/mol. The Bertz CT molecular complexity index is 629. The maximum atomic E-state index is 4.40. The van der Waals surface area contributed by atoms with E-state index >= 15 is 0 Å². The van der Waals surface area contributed by atoms with Crippen LogP contribution in [0, 0.1) is 18.3 Å². The van der Waals surface area contributed by atoms with E-state index in [0.717, 1.165) is 22.9 Å². The molecule has 2 aromatic rings. The Labute approximate surface area is 126 Å². The number of benzene rings is 1. The van der Waals surface area contributed by atoms with Gasteiger partial charge in [-0.2, -0.15) is 5.10 Å². The number of aromatic amines is 1. The van der Waals surface area contributed by atoms with E-state index in [4.69, 9.17) is 0 Å². The van der Waals surface area contributed by atoms with Gasteiger partial charge in [0.05, 0.1) is 0 Å². The van der Waals surface area contributed by atoms with Crippen molar-refractivity contribution >= 4 is 5.69 Å². The molecule has 3 rings (SSSR count). The molecule has 2 unspecified atom stereocenters. The lowest BCUT2D eigenvalue weighted by Gasteiger charge is -2.20. The molecule has 1 fully saturated rings. The summed E-state index contributed by atoms with van der Waals surface area (Å²) in [6.07, 6.45) is 2.50. The standard InChI is InChI=1S/C17H24N4/c1-11-9-17(3,4)10-15(11)19-14-7-5-6-13(8-14)16-18-12(2)20-21-16/h5-8,11,15,19H,9-10H2,1-4H3,(H,18,20,21). The van der Waals surface area contributed by atoms with Crippen LogP contribution in [0.25, 0.3) is 11.4 Å². The van der Waals surface area contributed by atoms with Gasteiger partial charge in [-0.25, -0.2) is 4.98 Å². The van der Waals surface area contributed by atoms with Gasteiger partial charge in [-0.05, 0) is 43.2 Å². The summed E-state index contributed by atoms with van der Waals surface area (Å²) in [5.74, 6) is 2.31. The van der Waals surface area contributed by atoms with Crippen LogP contribution in [-0.4, -0.2) is 21.2 Å². The maximum absolute atomic E-state index is 4.40. The van der Waals surface area contributed by atoms with E-state index in [0.29, 0.717) is 17.4 Å². The predicted octanol–water partition coefficient (Wildman–Crippen LogP) is 4.02. The van der Waals surface area contributed by atoms with Crippen molar-refractivity contribution in [3.63, 3.8) is 0 Å². The number of rotatable bonds is 3. The molecule has 0 aliphatic heterocycles. The molecule has 0 radical (unpaired) electrons. The number of hydrogen-bond donors (Lipinski definition) is 2. The Morgan fingerprint density at radius 2 is 2.10 bits per heavy atom. The lowest BCUT2D eigenvalue weighted by molar-refractivity contribution is 0.366. The first-order chi connectivity index (χ1) is 9.93. The highest BCUT2D eigenvalue weighted by molar-refractivity contribution is 5.62. The fraction of sp³-hybridized carbons (Fsp3) is 0.529. The summed E-state index contributed by atoms with van der Waals surface area (Å²) < 4.78 is 0. The molecule has 1 aliphatic carbocycles. The molecule has 4 heteroatoms. The average Bonchev–Trinajstić information content (AvgIpc) is 2.94. The molecular formula is C17H24N4. The van der Waals surface area contributed by atoms with E-state index < -0.39 is 0 Å². The van der Waals surface area contributed by atoms with Crippen LogP contribution in [0.15, 0.2) is 24.3 Å².